The third kappa shape index (κ3) is 8.39. The summed E-state index contributed by atoms with van der Waals surface area (Å²) in [5.41, 5.74) is 1.24. The zero-order valence-electron chi connectivity index (χ0n) is 25.3. The number of nitrogens with one attached hydrogen (secondary N) is 1. The molecule has 2 amide bonds. The molecule has 0 spiro atoms. The summed E-state index contributed by atoms with van der Waals surface area (Å²) in [5, 5.41) is 20.1. The van der Waals surface area contributed by atoms with Crippen molar-refractivity contribution >= 4 is 23.6 Å². The Labute approximate surface area is 255 Å². The van der Waals surface area contributed by atoms with Gasteiger partial charge in [-0.25, -0.2) is 23.4 Å². The fourth-order valence-electron chi connectivity index (χ4n) is 5.39. The molecule has 0 bridgehead atoms. The minimum atomic E-state index is -5.08. The van der Waals surface area contributed by atoms with Crippen molar-refractivity contribution in [3.63, 3.8) is 0 Å². The van der Waals surface area contributed by atoms with Crippen LogP contribution < -0.4 is 10.1 Å². The topological polar surface area (TPSA) is 133 Å². The fraction of sp³-hybridized carbons (Fsp3) is 0.467. The first-order chi connectivity index (χ1) is 20.8. The van der Waals surface area contributed by atoms with Gasteiger partial charge in [0, 0.05) is 12.7 Å². The Morgan fingerprint density at radius 2 is 1.67 bits per heavy atom. The summed E-state index contributed by atoms with van der Waals surface area (Å²) >= 11 is 0. The number of carboxylic acids is 1. The third-order valence-electron chi connectivity index (χ3n) is 7.22. The van der Waals surface area contributed by atoms with Gasteiger partial charge in [0.15, 0.2) is 11.4 Å². The van der Waals surface area contributed by atoms with Gasteiger partial charge in [0.1, 0.15) is 23.9 Å². The molecule has 2 aromatic heterocycles. The molecule has 1 aliphatic rings. The number of hydrogen-bond donors (Lipinski definition) is 3. The summed E-state index contributed by atoms with van der Waals surface area (Å²) in [5.74, 6) is -4.26. The van der Waals surface area contributed by atoms with Crippen molar-refractivity contribution in [1.82, 2.24) is 19.6 Å². The Kier molecular flexibility index (Phi) is 10.7. The van der Waals surface area contributed by atoms with E-state index >= 15 is 0 Å². The highest BCUT2D eigenvalue weighted by Crippen LogP contribution is 2.32. The van der Waals surface area contributed by atoms with Crippen molar-refractivity contribution in [1.29, 1.82) is 0 Å². The highest BCUT2D eigenvalue weighted by molar-refractivity contribution is 5.95. The van der Waals surface area contributed by atoms with Crippen LogP contribution in [0.1, 0.15) is 67.3 Å². The molecule has 246 valence electrons. The first-order valence-electron chi connectivity index (χ1n) is 14.0. The summed E-state index contributed by atoms with van der Waals surface area (Å²) in [4.78, 5) is 40.6. The van der Waals surface area contributed by atoms with Crippen LogP contribution in [0.25, 0.3) is 5.65 Å². The maximum absolute atomic E-state index is 14.1. The summed E-state index contributed by atoms with van der Waals surface area (Å²) in [6.45, 7) is 9.52. The quantitative estimate of drug-likeness (QED) is 0.286. The van der Waals surface area contributed by atoms with Crippen LogP contribution in [-0.4, -0.2) is 67.3 Å². The van der Waals surface area contributed by atoms with Crippen molar-refractivity contribution < 1.29 is 51.3 Å². The van der Waals surface area contributed by atoms with Gasteiger partial charge in [0.2, 0.25) is 0 Å². The van der Waals surface area contributed by atoms with Gasteiger partial charge in [-0.1, -0.05) is 26.8 Å². The fourth-order valence-corrected chi connectivity index (χ4v) is 5.39. The van der Waals surface area contributed by atoms with E-state index in [-0.39, 0.29) is 23.8 Å². The lowest BCUT2D eigenvalue weighted by molar-refractivity contribution is -0.192. The lowest BCUT2D eigenvalue weighted by Gasteiger charge is -2.42. The van der Waals surface area contributed by atoms with Gasteiger partial charge in [-0.3, -0.25) is 9.20 Å². The monoisotopic (exact) mass is 642 g/mol. The van der Waals surface area contributed by atoms with E-state index in [0.29, 0.717) is 30.0 Å². The number of hydrogen-bond acceptors (Lipinski definition) is 5. The van der Waals surface area contributed by atoms with Crippen LogP contribution in [0.3, 0.4) is 0 Å². The zero-order valence-corrected chi connectivity index (χ0v) is 25.3. The Balaban J connectivity index is 0.000000707. The number of alkyl halides is 3. The van der Waals surface area contributed by atoms with Gasteiger partial charge in [-0.15, -0.1) is 0 Å². The van der Waals surface area contributed by atoms with Crippen LogP contribution in [0.15, 0.2) is 30.5 Å². The molecule has 2 unspecified atom stereocenters. The van der Waals surface area contributed by atoms with Gasteiger partial charge in [-0.05, 0) is 62.3 Å². The lowest BCUT2D eigenvalue weighted by atomic mass is 9.80. The van der Waals surface area contributed by atoms with Gasteiger partial charge >= 0.3 is 18.2 Å². The molecule has 1 fully saturated rings. The number of fused-ring (bicyclic) bond motifs is 1. The van der Waals surface area contributed by atoms with Crippen LogP contribution in [0.2, 0.25) is 0 Å². The van der Waals surface area contributed by atoms with E-state index in [2.05, 4.69) is 10.3 Å². The zero-order chi connectivity index (χ0) is 33.9. The van der Waals surface area contributed by atoms with E-state index < -0.39 is 47.4 Å². The Hall–Kier alpha value is -4.43. The smallest absolute Gasteiger partial charge is 0.485 e. The largest absolute Gasteiger partial charge is 0.490 e. The highest BCUT2D eigenvalue weighted by Gasteiger charge is 2.41. The lowest BCUT2D eigenvalue weighted by Crippen LogP contribution is -2.58. The van der Waals surface area contributed by atoms with E-state index in [4.69, 9.17) is 14.6 Å². The molecule has 15 heteroatoms. The van der Waals surface area contributed by atoms with Crippen LogP contribution >= 0.6 is 0 Å². The van der Waals surface area contributed by atoms with Crippen LogP contribution in [0.5, 0.6) is 5.75 Å². The molecule has 3 aromatic rings. The number of carboxylic acid groups (broad SMARTS) is 2. The Morgan fingerprint density at radius 3 is 2.20 bits per heavy atom. The molecule has 10 nitrogen and oxygen atoms in total. The number of nitrogens with zero attached hydrogens (tertiary/aromatic N) is 3. The summed E-state index contributed by atoms with van der Waals surface area (Å²) < 4.78 is 67.4. The van der Waals surface area contributed by atoms with Gasteiger partial charge in [0.05, 0.1) is 23.3 Å². The average Bonchev–Trinajstić information content (AvgIpc) is 3.08. The molecule has 2 atom stereocenters. The SMILES string of the molecule is Cc1cc(OCc2c(F)cccc2F)c2nc(C)c(C(=O)NC3CCCCN(C(=O)O)C3C(C)(C)C)n2c1.O=C(O)C(F)(F)F. The maximum atomic E-state index is 14.1. The number of halogens is 5. The third-order valence-corrected chi connectivity index (χ3v) is 7.22. The number of benzene rings is 1. The number of pyridine rings is 1. The molecule has 1 saturated heterocycles. The molecule has 0 radical (unpaired) electrons. The first-order valence-corrected chi connectivity index (χ1v) is 14.0. The van der Waals surface area contributed by atoms with Crippen LogP contribution in [0.4, 0.5) is 26.7 Å². The first kappa shape index (κ1) is 35.1. The Morgan fingerprint density at radius 1 is 1.07 bits per heavy atom. The summed E-state index contributed by atoms with van der Waals surface area (Å²) in [6.07, 6.45) is -2.17. The van der Waals surface area contributed by atoms with Gasteiger partial charge in [0.25, 0.3) is 5.91 Å². The van der Waals surface area contributed by atoms with Crippen molar-refractivity contribution in [2.75, 3.05) is 6.54 Å². The van der Waals surface area contributed by atoms with Gasteiger partial charge < -0.3 is 25.2 Å². The molecule has 3 N–H and O–H groups in total. The molecule has 1 aromatic carbocycles. The maximum Gasteiger partial charge on any atom is 0.490 e. The van der Waals surface area contributed by atoms with E-state index in [1.54, 1.807) is 23.6 Å². The highest BCUT2D eigenvalue weighted by atomic mass is 19.4. The molecular weight excluding hydrogens is 607 g/mol. The number of aliphatic carboxylic acids is 1. The number of carbonyl (C=O) groups is 3. The van der Waals surface area contributed by atoms with E-state index in [1.807, 2.05) is 27.7 Å². The summed E-state index contributed by atoms with van der Waals surface area (Å²) in [7, 11) is 0. The van der Waals surface area contributed by atoms with E-state index in [1.165, 1.54) is 23.1 Å². The minimum absolute atomic E-state index is 0.196. The average molecular weight is 643 g/mol. The molecule has 3 heterocycles. The number of amides is 2. The standard InChI is InChI=1S/C28H34F2N4O4.C2HF3O2/c1-16-13-22(38-15-18-19(29)9-8-10-20(18)30)25-31-17(2)23(34(25)14-16)26(35)32-21-11-6-7-12-33(27(36)37)24(21)28(3,4)5;3-2(4,5)1(6)7/h8-10,13-14,21,24H,6-7,11-12,15H2,1-5H3,(H,32,35)(H,36,37);(H,6,7). The molecule has 0 saturated carbocycles. The summed E-state index contributed by atoms with van der Waals surface area (Å²) in [6, 6.07) is 4.51. The minimum Gasteiger partial charge on any atom is -0.485 e. The predicted octanol–water partition coefficient (Wildman–Crippen LogP) is 6.12. The van der Waals surface area contributed by atoms with Gasteiger partial charge in [-0.2, -0.15) is 13.2 Å². The number of rotatable bonds is 5. The van der Waals surface area contributed by atoms with E-state index in [0.717, 1.165) is 18.4 Å². The number of carbonyl (C=O) groups excluding carboxylic acids is 1. The van der Waals surface area contributed by atoms with Crippen molar-refractivity contribution in [2.24, 2.45) is 5.41 Å². The normalized spacial score (nSPS) is 17.2. The van der Waals surface area contributed by atoms with Crippen molar-refractivity contribution in [3.05, 3.63) is 64.6 Å². The number of imidazole rings is 1. The second-order valence-electron chi connectivity index (χ2n) is 11.8. The number of likely N-dealkylation sites (tertiary alicyclic amines) is 1. The molecule has 1 aliphatic heterocycles. The second-order valence-corrected chi connectivity index (χ2v) is 11.8. The molecule has 4 rings (SSSR count). The second kappa shape index (κ2) is 13.7. The predicted molar refractivity (Wildman–Crippen MR) is 152 cm³/mol. The number of aromatic nitrogens is 2. The number of aryl methyl sites for hydroxylation is 2. The van der Waals surface area contributed by atoms with E-state index in [9.17, 15) is 36.6 Å². The Bertz CT molecular complexity index is 1550. The van der Waals surface area contributed by atoms with Crippen molar-refractivity contribution in [3.8, 4) is 5.75 Å². The van der Waals surface area contributed by atoms with Crippen LogP contribution in [0, 0.1) is 30.9 Å². The molecule has 0 aliphatic carbocycles. The molecular formula is C30H35F5N4O6. The van der Waals surface area contributed by atoms with Crippen molar-refractivity contribution in [2.45, 2.75) is 78.7 Å². The molecule has 45 heavy (non-hydrogen) atoms. The van der Waals surface area contributed by atoms with Crippen LogP contribution in [-0.2, 0) is 11.4 Å². The number of ether oxygens (including phenoxy) is 1.